The second-order valence-corrected chi connectivity index (χ2v) is 6.37. The summed E-state index contributed by atoms with van der Waals surface area (Å²) in [5.41, 5.74) is 1.15. The van der Waals surface area contributed by atoms with E-state index in [-0.39, 0.29) is 36.3 Å². The molecule has 0 aromatic rings. The molecule has 2 atom stereocenters. The molecule has 0 N–H and O–H groups in total. The Balaban J connectivity index is 2.63. The minimum absolute atomic E-state index is 0.116. The zero-order valence-electron chi connectivity index (χ0n) is 13.8. The summed E-state index contributed by atoms with van der Waals surface area (Å²) in [6, 6.07) is 0. The maximum absolute atomic E-state index is 12.0. The third kappa shape index (κ3) is 5.13. The molecule has 0 fully saturated rings. The number of carbonyl (C=O) groups is 3. The maximum Gasteiger partial charge on any atom is 0.307 e. The summed E-state index contributed by atoms with van der Waals surface area (Å²) in [4.78, 5) is 33.9. The van der Waals surface area contributed by atoms with E-state index in [1.54, 1.807) is 6.08 Å². The van der Waals surface area contributed by atoms with E-state index in [1.807, 2.05) is 33.8 Å². The highest BCUT2D eigenvalue weighted by atomic mass is 16.5. The van der Waals surface area contributed by atoms with Crippen LogP contribution in [0.3, 0.4) is 0 Å². The molecular weight excluding hydrogens is 284 g/mol. The van der Waals surface area contributed by atoms with Crippen molar-refractivity contribution in [3.63, 3.8) is 0 Å². The van der Waals surface area contributed by atoms with Crippen LogP contribution in [0.15, 0.2) is 23.3 Å². The van der Waals surface area contributed by atoms with Crippen molar-refractivity contribution >= 4 is 18.2 Å². The van der Waals surface area contributed by atoms with Gasteiger partial charge >= 0.3 is 11.9 Å². The molecule has 1 rings (SSSR count). The maximum atomic E-state index is 12.0. The number of esters is 2. The lowest BCUT2D eigenvalue weighted by Crippen LogP contribution is -2.27. The Kier molecular flexibility index (Phi) is 6.09. The fourth-order valence-electron chi connectivity index (χ4n) is 2.35. The van der Waals surface area contributed by atoms with E-state index in [4.69, 9.17) is 9.47 Å². The van der Waals surface area contributed by atoms with Gasteiger partial charge in [-0.1, -0.05) is 26.8 Å². The number of ether oxygens (including phenoxy) is 2. The van der Waals surface area contributed by atoms with E-state index < -0.39 is 6.10 Å². The lowest BCUT2D eigenvalue weighted by molar-refractivity contribution is -0.149. The van der Waals surface area contributed by atoms with Crippen LogP contribution in [-0.2, 0) is 23.9 Å². The molecule has 0 radical (unpaired) electrons. The molecule has 1 aliphatic rings. The number of carbonyl (C=O) groups excluding carboxylic acids is 3. The van der Waals surface area contributed by atoms with Gasteiger partial charge < -0.3 is 9.47 Å². The van der Waals surface area contributed by atoms with Crippen molar-refractivity contribution in [2.75, 3.05) is 6.61 Å². The van der Waals surface area contributed by atoms with Gasteiger partial charge in [-0.3, -0.25) is 14.4 Å². The molecule has 0 aromatic carbocycles. The topological polar surface area (TPSA) is 69.7 Å². The number of allylic oxidation sites excluding steroid dienone is 2. The van der Waals surface area contributed by atoms with Crippen LogP contribution in [0.5, 0.6) is 0 Å². The molecule has 0 amide bonds. The third-order valence-corrected chi connectivity index (χ3v) is 3.58. The van der Waals surface area contributed by atoms with Gasteiger partial charge in [0.05, 0.1) is 13.0 Å². The highest BCUT2D eigenvalue weighted by Crippen LogP contribution is 2.34. The van der Waals surface area contributed by atoms with E-state index in [0.717, 1.165) is 11.9 Å². The van der Waals surface area contributed by atoms with Gasteiger partial charge in [-0.25, -0.2) is 0 Å². The molecule has 0 bridgehead atoms. The average molecular weight is 308 g/mol. The van der Waals surface area contributed by atoms with E-state index in [0.29, 0.717) is 5.57 Å². The molecular formula is C17H24O5. The van der Waals surface area contributed by atoms with Crippen molar-refractivity contribution in [2.24, 2.45) is 11.3 Å². The van der Waals surface area contributed by atoms with E-state index in [9.17, 15) is 14.4 Å². The average Bonchev–Trinajstić information content (AvgIpc) is 2.38. The normalized spacial score (nSPS) is 21.2. The molecule has 5 heteroatoms. The number of hydrogen-bond acceptors (Lipinski definition) is 5. The Hall–Kier alpha value is -1.91. The standard InChI is InChI=1S/C17H24O5/c1-11(10-21-13(3)19)6-16(20)22-15-7-14(9-18)17(4,5)8-12(15)2/h7-9,11,15H,6,10H2,1-5H3/t11-,15+/m0/s1. The molecule has 0 spiro atoms. The number of aldehydes is 1. The molecule has 0 aliphatic heterocycles. The summed E-state index contributed by atoms with van der Waals surface area (Å²) < 4.78 is 10.3. The Morgan fingerprint density at radius 3 is 2.59 bits per heavy atom. The van der Waals surface area contributed by atoms with Crippen molar-refractivity contribution in [2.45, 2.75) is 47.1 Å². The monoisotopic (exact) mass is 308 g/mol. The molecule has 1 aliphatic carbocycles. The first-order chi connectivity index (χ1) is 10.2. The van der Waals surface area contributed by atoms with E-state index in [2.05, 4.69) is 0 Å². The Bertz CT molecular complexity index is 513. The smallest absolute Gasteiger partial charge is 0.307 e. The molecule has 0 saturated heterocycles. The molecule has 0 saturated carbocycles. The van der Waals surface area contributed by atoms with Crippen molar-refractivity contribution in [1.29, 1.82) is 0 Å². The molecule has 22 heavy (non-hydrogen) atoms. The van der Waals surface area contributed by atoms with E-state index >= 15 is 0 Å². The summed E-state index contributed by atoms with van der Waals surface area (Å²) in [5, 5.41) is 0. The summed E-state index contributed by atoms with van der Waals surface area (Å²) in [6.45, 7) is 9.08. The Morgan fingerprint density at radius 1 is 1.41 bits per heavy atom. The second kappa shape index (κ2) is 7.38. The van der Waals surface area contributed by atoms with Crippen molar-refractivity contribution in [3.8, 4) is 0 Å². The fourth-order valence-corrected chi connectivity index (χ4v) is 2.35. The Morgan fingerprint density at radius 2 is 2.05 bits per heavy atom. The zero-order valence-corrected chi connectivity index (χ0v) is 13.8. The predicted octanol–water partition coefficient (Wildman–Crippen LogP) is 2.60. The summed E-state index contributed by atoms with van der Waals surface area (Å²) >= 11 is 0. The largest absolute Gasteiger partial charge is 0.466 e. The van der Waals surface area contributed by atoms with Crippen LogP contribution in [0.2, 0.25) is 0 Å². The van der Waals surface area contributed by atoms with Gasteiger partial charge in [0.15, 0.2) is 0 Å². The molecule has 0 heterocycles. The molecule has 5 nitrogen and oxygen atoms in total. The highest BCUT2D eigenvalue weighted by molar-refractivity contribution is 5.78. The van der Waals surface area contributed by atoms with Crippen LogP contribution in [0, 0.1) is 11.3 Å². The van der Waals surface area contributed by atoms with Crippen molar-refractivity contribution in [1.82, 2.24) is 0 Å². The van der Waals surface area contributed by atoms with Gasteiger partial charge in [0, 0.05) is 23.8 Å². The van der Waals surface area contributed by atoms with Gasteiger partial charge in [-0.05, 0) is 18.6 Å². The van der Waals surface area contributed by atoms with E-state index in [1.165, 1.54) is 6.92 Å². The zero-order chi connectivity index (χ0) is 16.9. The predicted molar refractivity (Wildman–Crippen MR) is 82.0 cm³/mol. The van der Waals surface area contributed by atoms with Crippen LogP contribution in [0.1, 0.15) is 41.0 Å². The fraction of sp³-hybridized carbons (Fsp3) is 0.588. The minimum Gasteiger partial charge on any atom is -0.466 e. The summed E-state index contributed by atoms with van der Waals surface area (Å²) in [5.74, 6) is -0.860. The quantitative estimate of drug-likeness (QED) is 0.428. The van der Waals surface area contributed by atoms with Crippen LogP contribution in [0.4, 0.5) is 0 Å². The number of rotatable bonds is 6. The van der Waals surface area contributed by atoms with Crippen molar-refractivity contribution < 1.29 is 23.9 Å². The Labute approximate surface area is 131 Å². The lowest BCUT2D eigenvalue weighted by atomic mass is 9.78. The number of hydrogen-bond donors (Lipinski definition) is 0. The molecule has 0 unspecified atom stereocenters. The SMILES string of the molecule is CC(=O)OC[C@@H](C)CC(=O)O[C@@H]1C=C(C=O)C(C)(C)C=C1C. The second-order valence-electron chi connectivity index (χ2n) is 6.37. The van der Waals surface area contributed by atoms with Crippen LogP contribution >= 0.6 is 0 Å². The molecule has 122 valence electrons. The van der Waals surface area contributed by atoms with Crippen LogP contribution in [0.25, 0.3) is 0 Å². The van der Waals surface area contributed by atoms with Gasteiger partial charge in [0.1, 0.15) is 12.4 Å². The minimum atomic E-state index is -0.512. The van der Waals surface area contributed by atoms with Gasteiger partial charge in [0.25, 0.3) is 0 Å². The highest BCUT2D eigenvalue weighted by Gasteiger charge is 2.29. The molecule has 0 aromatic heterocycles. The first-order valence-electron chi connectivity index (χ1n) is 7.35. The van der Waals surface area contributed by atoms with Gasteiger partial charge in [-0.15, -0.1) is 0 Å². The van der Waals surface area contributed by atoms with Gasteiger partial charge in [0.2, 0.25) is 0 Å². The summed E-state index contributed by atoms with van der Waals surface area (Å²) in [6.07, 6.45) is 4.08. The first kappa shape index (κ1) is 18.1. The van der Waals surface area contributed by atoms with Crippen LogP contribution in [-0.4, -0.2) is 30.9 Å². The lowest BCUT2D eigenvalue weighted by Gasteiger charge is -2.30. The van der Waals surface area contributed by atoms with Crippen LogP contribution < -0.4 is 0 Å². The van der Waals surface area contributed by atoms with Gasteiger partial charge in [-0.2, -0.15) is 0 Å². The van der Waals surface area contributed by atoms with Crippen molar-refractivity contribution in [3.05, 3.63) is 23.3 Å². The summed E-state index contributed by atoms with van der Waals surface area (Å²) in [7, 11) is 0. The third-order valence-electron chi connectivity index (χ3n) is 3.58. The first-order valence-corrected chi connectivity index (χ1v) is 7.35.